The van der Waals surface area contributed by atoms with Gasteiger partial charge in [0.1, 0.15) is 29.4 Å². The van der Waals surface area contributed by atoms with Crippen LogP contribution >= 0.6 is 0 Å². The van der Waals surface area contributed by atoms with Crippen LogP contribution in [0, 0.1) is 11.3 Å². The molecule has 5 rings (SSSR count). The predicted molar refractivity (Wildman–Crippen MR) is 174 cm³/mol. The van der Waals surface area contributed by atoms with Gasteiger partial charge in [-0.25, -0.2) is 15.0 Å². The summed E-state index contributed by atoms with van der Waals surface area (Å²) in [5.74, 6) is 1.83. The molecule has 0 bridgehead atoms. The molecular weight excluding hydrogens is 585 g/mol. The fraction of sp³-hybridized carbons (Fsp3) is 0.273. The minimum atomic E-state index is -0.668. The number of hydrogen-bond acceptors (Lipinski definition) is 11. The summed E-state index contributed by atoms with van der Waals surface area (Å²) in [5, 5.41) is 13.4. The Labute approximate surface area is 268 Å². The molecule has 1 atom stereocenters. The molecule has 0 aliphatic carbocycles. The molecule has 1 radical (unpaired) electrons. The molecule has 0 spiro atoms. The molecule has 12 nitrogen and oxygen atoms in total. The Hall–Kier alpha value is -5.64. The Balaban J connectivity index is 1.54. The lowest BCUT2D eigenvalue weighted by atomic mass is 9.81. The number of pyridine rings is 1. The van der Waals surface area contributed by atoms with Crippen LogP contribution in [-0.2, 0) is 21.5 Å². The summed E-state index contributed by atoms with van der Waals surface area (Å²) in [7, 11) is 6.10. The van der Waals surface area contributed by atoms with Crippen molar-refractivity contribution in [1.82, 2.24) is 19.9 Å². The normalized spacial score (nSPS) is 14.9. The number of methoxy groups -OCH3 is 3. The molecule has 2 aromatic heterocycles. The molecule has 0 fully saturated rings. The van der Waals surface area contributed by atoms with Gasteiger partial charge in [0.25, 0.3) is 0 Å². The third-order valence-electron chi connectivity index (χ3n) is 7.93. The van der Waals surface area contributed by atoms with Crippen molar-refractivity contribution < 1.29 is 23.8 Å². The lowest BCUT2D eigenvalue weighted by Crippen LogP contribution is -2.44. The second-order valence-corrected chi connectivity index (χ2v) is 11.0. The highest BCUT2D eigenvalue weighted by Gasteiger charge is 2.42. The average Bonchev–Trinajstić information content (AvgIpc) is 3.35. The minimum Gasteiger partial charge on any atom is -0.497 e. The maximum Gasteiger partial charge on any atom is 0.329 e. The molecule has 0 saturated carbocycles. The van der Waals surface area contributed by atoms with E-state index in [-0.39, 0.29) is 12.5 Å². The number of benzene rings is 2. The molecule has 233 valence electrons. The van der Waals surface area contributed by atoms with Crippen LogP contribution in [0.15, 0.2) is 60.9 Å². The molecule has 2 aromatic carbocycles. The van der Waals surface area contributed by atoms with Crippen molar-refractivity contribution in [3.05, 3.63) is 77.6 Å². The van der Waals surface area contributed by atoms with E-state index in [1.54, 1.807) is 66.7 Å². The van der Waals surface area contributed by atoms with Gasteiger partial charge in [-0.3, -0.25) is 4.79 Å². The van der Waals surface area contributed by atoms with Gasteiger partial charge in [0, 0.05) is 67.2 Å². The topological polar surface area (TPSA) is 143 Å². The summed E-state index contributed by atoms with van der Waals surface area (Å²) >= 11 is 0. The number of nitrogens with zero attached hydrogens (tertiary/aromatic N) is 6. The van der Waals surface area contributed by atoms with Crippen LogP contribution in [0.4, 0.5) is 17.3 Å². The van der Waals surface area contributed by atoms with Crippen molar-refractivity contribution in [1.29, 1.82) is 5.26 Å². The number of ether oxygens (including phenoxy) is 3. The van der Waals surface area contributed by atoms with Gasteiger partial charge < -0.3 is 34.0 Å². The number of hydrogen-bond donors (Lipinski definition) is 1. The van der Waals surface area contributed by atoms with Crippen molar-refractivity contribution in [2.45, 2.75) is 25.8 Å². The SMILES string of the molecule is COc1ccc(CN(CC2(C)CN([B]C=O)c3c(C#N)cc(-c4ccnc(Nc5cccnc5OC)n4)cc32)C(C)=O)c(OC)c1. The number of nitriles is 1. The lowest BCUT2D eigenvalue weighted by molar-refractivity contribution is -0.130. The van der Waals surface area contributed by atoms with Crippen molar-refractivity contribution >= 4 is 36.8 Å². The standard InChI is InChI=1S/C33H33BN7O5/c1-21(43)40(17-22-8-9-25(44-3)15-29(22)45-4)18-33(2)19-41(34-20-42)30-24(16-35)13-23(14-26(30)33)27-10-12-37-32(38-27)39-28-7-6-11-36-31(28)46-5/h6-15,20H,17-19H2,1-5H3,(H,37,38,39). The van der Waals surface area contributed by atoms with E-state index in [0.717, 1.165) is 11.1 Å². The van der Waals surface area contributed by atoms with Crippen LogP contribution < -0.4 is 24.3 Å². The summed E-state index contributed by atoms with van der Waals surface area (Å²) in [5.41, 5.74) is 3.82. The van der Waals surface area contributed by atoms with Crippen LogP contribution in [0.2, 0.25) is 0 Å². The third-order valence-corrected chi connectivity index (χ3v) is 7.93. The highest BCUT2D eigenvalue weighted by atomic mass is 16.5. The smallest absolute Gasteiger partial charge is 0.329 e. The quantitative estimate of drug-likeness (QED) is 0.181. The molecule has 4 aromatic rings. The van der Waals surface area contributed by atoms with E-state index in [1.165, 1.54) is 21.4 Å². The third kappa shape index (κ3) is 6.42. The first-order valence-corrected chi connectivity index (χ1v) is 14.4. The van der Waals surface area contributed by atoms with E-state index in [2.05, 4.69) is 21.4 Å². The average molecular weight is 618 g/mol. The predicted octanol–water partition coefficient (Wildman–Crippen LogP) is 4.12. The number of amides is 1. The minimum absolute atomic E-state index is 0.132. The van der Waals surface area contributed by atoms with Crippen molar-refractivity contribution in [3.8, 4) is 34.7 Å². The van der Waals surface area contributed by atoms with Crippen molar-refractivity contribution in [3.63, 3.8) is 0 Å². The number of anilines is 3. The largest absolute Gasteiger partial charge is 0.497 e. The molecule has 1 unspecified atom stereocenters. The summed E-state index contributed by atoms with van der Waals surface area (Å²) in [6.45, 7) is 4.51. The van der Waals surface area contributed by atoms with Crippen LogP contribution in [0.5, 0.6) is 17.4 Å². The van der Waals surface area contributed by atoms with Crippen molar-refractivity contribution in [2.75, 3.05) is 44.5 Å². The second kappa shape index (κ2) is 13.6. The molecule has 1 amide bonds. The summed E-state index contributed by atoms with van der Waals surface area (Å²) in [6, 6.07) is 16.8. The van der Waals surface area contributed by atoms with Gasteiger partial charge in [0.05, 0.1) is 32.6 Å². The van der Waals surface area contributed by atoms with Crippen LogP contribution in [-0.4, -0.2) is 73.8 Å². The molecule has 3 heterocycles. The first-order chi connectivity index (χ1) is 22.2. The summed E-state index contributed by atoms with van der Waals surface area (Å²) in [6.07, 6.45) is 3.95. The maximum atomic E-state index is 13.1. The van der Waals surface area contributed by atoms with Crippen LogP contribution in [0.25, 0.3) is 11.3 Å². The van der Waals surface area contributed by atoms with Crippen LogP contribution in [0.1, 0.15) is 30.5 Å². The van der Waals surface area contributed by atoms with Gasteiger partial charge in [-0.1, -0.05) is 6.92 Å². The fourth-order valence-corrected chi connectivity index (χ4v) is 5.75. The van der Waals surface area contributed by atoms with Gasteiger partial charge in [-0.15, -0.1) is 0 Å². The number of rotatable bonds is 12. The molecule has 1 aliphatic heterocycles. The Kier molecular flexibility index (Phi) is 9.37. The highest BCUT2D eigenvalue weighted by Crippen LogP contribution is 2.45. The van der Waals surface area contributed by atoms with Crippen molar-refractivity contribution in [2.24, 2.45) is 0 Å². The van der Waals surface area contributed by atoms with Gasteiger partial charge in [0.2, 0.25) is 17.7 Å². The van der Waals surface area contributed by atoms with Crippen LogP contribution in [0.3, 0.4) is 0 Å². The van der Waals surface area contributed by atoms with E-state index in [1.807, 2.05) is 25.1 Å². The van der Waals surface area contributed by atoms with Gasteiger partial charge >= 0.3 is 7.41 Å². The zero-order valence-corrected chi connectivity index (χ0v) is 26.3. The molecule has 13 heteroatoms. The van der Waals surface area contributed by atoms with E-state index in [0.29, 0.717) is 70.8 Å². The summed E-state index contributed by atoms with van der Waals surface area (Å²) in [4.78, 5) is 41.5. The Morgan fingerprint density at radius 3 is 2.65 bits per heavy atom. The van der Waals surface area contributed by atoms with Gasteiger partial charge in [0.15, 0.2) is 0 Å². The van der Waals surface area contributed by atoms with E-state index < -0.39 is 5.41 Å². The van der Waals surface area contributed by atoms with E-state index in [4.69, 9.17) is 19.2 Å². The number of carbonyl (C=O) groups excluding carboxylic acids is 2. The molecule has 1 aliphatic rings. The summed E-state index contributed by atoms with van der Waals surface area (Å²) < 4.78 is 16.3. The van der Waals surface area contributed by atoms with Gasteiger partial charge in [-0.05, 0) is 48.0 Å². The number of aromatic nitrogens is 3. The maximum absolute atomic E-state index is 13.1. The zero-order chi connectivity index (χ0) is 32.8. The Bertz CT molecular complexity index is 1810. The Morgan fingerprint density at radius 2 is 1.96 bits per heavy atom. The molecule has 1 N–H and O–H groups in total. The molecule has 0 saturated heterocycles. The number of fused-ring (bicyclic) bond motifs is 1. The first kappa shape index (κ1) is 31.8. The number of nitrogens with one attached hydrogen (secondary N) is 1. The zero-order valence-electron chi connectivity index (χ0n) is 26.3. The van der Waals surface area contributed by atoms with E-state index >= 15 is 0 Å². The van der Waals surface area contributed by atoms with Gasteiger partial charge in [-0.2, -0.15) is 5.26 Å². The fourth-order valence-electron chi connectivity index (χ4n) is 5.75. The molecule has 46 heavy (non-hydrogen) atoms. The first-order valence-electron chi connectivity index (χ1n) is 14.4. The van der Waals surface area contributed by atoms with E-state index in [9.17, 15) is 14.9 Å². The number of carbonyl (C=O) groups is 2. The lowest BCUT2D eigenvalue weighted by Gasteiger charge is -2.33. The molecular formula is C33H33BN7O5. The highest BCUT2D eigenvalue weighted by molar-refractivity contribution is 6.70. The second-order valence-electron chi connectivity index (χ2n) is 11.0. The Morgan fingerprint density at radius 1 is 1.13 bits per heavy atom. The monoisotopic (exact) mass is 618 g/mol.